The second kappa shape index (κ2) is 7.18. The SMILES string of the molecule is CCSc1cc(I)cnc1N1N=c2nc(C(F)(F)C(F)(F)F)[nH]c2=CC1C. The third kappa shape index (κ3) is 3.77. The van der Waals surface area contributed by atoms with Crippen LogP contribution in [0.1, 0.15) is 19.7 Å². The lowest BCUT2D eigenvalue weighted by molar-refractivity contribution is -0.292. The minimum atomic E-state index is -5.75. The number of hydrogen-bond donors (Lipinski definition) is 1. The van der Waals surface area contributed by atoms with Crippen LogP contribution in [-0.4, -0.2) is 32.9 Å². The fraction of sp³-hybridized carbons (Fsp3) is 0.400. The van der Waals surface area contributed by atoms with Gasteiger partial charge in [0, 0.05) is 9.77 Å². The van der Waals surface area contributed by atoms with E-state index in [9.17, 15) is 22.0 Å². The average molecular weight is 517 g/mol. The first-order chi connectivity index (χ1) is 12.5. The van der Waals surface area contributed by atoms with E-state index in [1.807, 2.05) is 18.0 Å². The largest absolute Gasteiger partial charge is 0.461 e. The Hall–Kier alpha value is -1.44. The topological polar surface area (TPSA) is 57.2 Å². The molecule has 0 aliphatic carbocycles. The Morgan fingerprint density at radius 3 is 2.63 bits per heavy atom. The first-order valence-corrected chi connectivity index (χ1v) is 9.80. The molecule has 146 valence electrons. The third-order valence-electron chi connectivity index (χ3n) is 3.68. The van der Waals surface area contributed by atoms with Crippen LogP contribution < -0.4 is 15.8 Å². The summed E-state index contributed by atoms with van der Waals surface area (Å²) in [6.07, 6.45) is -2.63. The quantitative estimate of drug-likeness (QED) is 0.384. The van der Waals surface area contributed by atoms with Crippen molar-refractivity contribution in [3.05, 3.63) is 32.5 Å². The minimum Gasteiger partial charge on any atom is -0.335 e. The molecular weight excluding hydrogens is 504 g/mol. The molecule has 12 heteroatoms. The minimum absolute atomic E-state index is 0.0212. The molecule has 1 aliphatic rings. The van der Waals surface area contributed by atoms with E-state index < -0.39 is 24.0 Å². The van der Waals surface area contributed by atoms with E-state index in [-0.39, 0.29) is 10.8 Å². The van der Waals surface area contributed by atoms with E-state index in [1.54, 1.807) is 13.1 Å². The predicted octanol–water partition coefficient (Wildman–Crippen LogP) is 3.40. The molecule has 0 saturated carbocycles. The van der Waals surface area contributed by atoms with Crippen molar-refractivity contribution in [2.45, 2.75) is 36.9 Å². The van der Waals surface area contributed by atoms with Crippen LogP contribution in [-0.2, 0) is 5.92 Å². The first kappa shape index (κ1) is 20.3. The normalized spacial score (nSPS) is 17.3. The maximum absolute atomic E-state index is 13.6. The Labute approximate surface area is 168 Å². The highest BCUT2D eigenvalue weighted by molar-refractivity contribution is 14.1. The van der Waals surface area contributed by atoms with Crippen molar-refractivity contribution in [1.82, 2.24) is 15.0 Å². The summed E-state index contributed by atoms with van der Waals surface area (Å²) >= 11 is 3.64. The molecule has 27 heavy (non-hydrogen) atoms. The van der Waals surface area contributed by atoms with Gasteiger partial charge in [0.25, 0.3) is 0 Å². The molecule has 1 N–H and O–H groups in total. The average Bonchev–Trinajstić information content (AvgIpc) is 2.97. The number of hydrogen-bond acceptors (Lipinski definition) is 5. The van der Waals surface area contributed by atoms with Crippen molar-refractivity contribution >= 4 is 46.2 Å². The molecule has 0 amide bonds. The summed E-state index contributed by atoms with van der Waals surface area (Å²) in [6.45, 7) is 3.70. The first-order valence-electron chi connectivity index (χ1n) is 7.73. The summed E-state index contributed by atoms with van der Waals surface area (Å²) in [5.41, 5.74) is -0.236. The molecule has 2 aromatic rings. The second-order valence-electron chi connectivity index (χ2n) is 5.65. The summed E-state index contributed by atoms with van der Waals surface area (Å²) in [5, 5.41) is 5.65. The van der Waals surface area contributed by atoms with Gasteiger partial charge >= 0.3 is 12.1 Å². The van der Waals surface area contributed by atoms with Gasteiger partial charge in [0.15, 0.2) is 17.1 Å². The molecule has 3 rings (SSSR count). The summed E-state index contributed by atoms with van der Waals surface area (Å²) in [5.74, 6) is -5.31. The van der Waals surface area contributed by atoms with Gasteiger partial charge in [-0.3, -0.25) is 0 Å². The zero-order valence-electron chi connectivity index (χ0n) is 14.0. The summed E-state index contributed by atoms with van der Waals surface area (Å²) in [7, 11) is 0. The molecular formula is C15H13F5IN5S. The van der Waals surface area contributed by atoms with E-state index >= 15 is 0 Å². The van der Waals surface area contributed by atoms with Crippen LogP contribution in [0.5, 0.6) is 0 Å². The van der Waals surface area contributed by atoms with Gasteiger partial charge in [-0.15, -0.1) is 16.9 Å². The number of aromatic amines is 1. The number of nitrogens with one attached hydrogen (secondary N) is 1. The van der Waals surface area contributed by atoms with Crippen molar-refractivity contribution in [2.24, 2.45) is 5.10 Å². The Kier molecular flexibility index (Phi) is 5.40. The van der Waals surface area contributed by atoms with Gasteiger partial charge in [0.2, 0.25) is 0 Å². The predicted molar refractivity (Wildman–Crippen MR) is 99.1 cm³/mol. The lowest BCUT2D eigenvalue weighted by atomic mass is 10.2. The van der Waals surface area contributed by atoms with E-state index in [0.717, 1.165) is 14.2 Å². The number of imidazole rings is 1. The fourth-order valence-corrected chi connectivity index (χ4v) is 3.90. The van der Waals surface area contributed by atoms with Crippen molar-refractivity contribution < 1.29 is 22.0 Å². The lowest BCUT2D eigenvalue weighted by Crippen LogP contribution is -2.41. The molecule has 1 aliphatic heterocycles. The molecule has 0 spiro atoms. The van der Waals surface area contributed by atoms with Gasteiger partial charge in [-0.2, -0.15) is 22.0 Å². The smallest absolute Gasteiger partial charge is 0.335 e. The third-order valence-corrected chi connectivity index (χ3v) is 5.17. The van der Waals surface area contributed by atoms with Crippen LogP contribution >= 0.6 is 34.4 Å². The summed E-state index contributed by atoms with van der Waals surface area (Å²) in [4.78, 5) is 10.6. The molecule has 0 aromatic carbocycles. The van der Waals surface area contributed by atoms with Crippen LogP contribution in [0.25, 0.3) is 6.08 Å². The van der Waals surface area contributed by atoms with Crippen molar-refractivity contribution in [3.63, 3.8) is 0 Å². The highest BCUT2D eigenvalue weighted by Crippen LogP contribution is 2.41. The molecule has 1 atom stereocenters. The standard InChI is InChI=1S/C15H13F5IN5S/c1-3-27-10-5-8(21)6-22-12(10)26-7(2)4-9-11(25-26)24-13(23-9)14(16,17)15(18,19)20/h4-7H,3H2,1-2H3,(H,23,24,25). The molecule has 5 nitrogen and oxygen atoms in total. The highest BCUT2D eigenvalue weighted by Gasteiger charge is 2.61. The fourth-order valence-electron chi connectivity index (χ4n) is 2.45. The van der Waals surface area contributed by atoms with Gasteiger partial charge in [-0.25, -0.2) is 15.0 Å². The van der Waals surface area contributed by atoms with Gasteiger partial charge < -0.3 is 4.98 Å². The number of thioether (sulfide) groups is 1. The van der Waals surface area contributed by atoms with E-state index in [1.165, 1.54) is 22.8 Å². The lowest BCUT2D eigenvalue weighted by Gasteiger charge is -2.26. The highest BCUT2D eigenvalue weighted by atomic mass is 127. The van der Waals surface area contributed by atoms with Crippen LogP contribution in [0.4, 0.5) is 27.8 Å². The van der Waals surface area contributed by atoms with E-state index in [2.05, 4.69) is 37.7 Å². The number of rotatable bonds is 4. The van der Waals surface area contributed by atoms with Crippen molar-refractivity contribution in [3.8, 4) is 0 Å². The number of pyridine rings is 1. The molecule has 0 saturated heterocycles. The number of H-pyrrole nitrogens is 1. The van der Waals surface area contributed by atoms with Crippen LogP contribution in [0, 0.1) is 3.57 Å². The maximum Gasteiger partial charge on any atom is 0.461 e. The van der Waals surface area contributed by atoms with Gasteiger partial charge in [-0.1, -0.05) is 6.92 Å². The molecule has 1 unspecified atom stereocenters. The zero-order chi connectivity index (χ0) is 20.0. The van der Waals surface area contributed by atoms with Gasteiger partial charge in [0.1, 0.15) is 0 Å². The van der Waals surface area contributed by atoms with Crippen molar-refractivity contribution in [2.75, 3.05) is 10.8 Å². The number of alkyl halides is 5. The number of aromatic nitrogens is 3. The Morgan fingerprint density at radius 2 is 2.00 bits per heavy atom. The Morgan fingerprint density at radius 1 is 1.30 bits per heavy atom. The Bertz CT molecular complexity index is 974. The van der Waals surface area contributed by atoms with Crippen LogP contribution in [0.2, 0.25) is 0 Å². The van der Waals surface area contributed by atoms with Gasteiger partial charge in [0.05, 0.1) is 16.3 Å². The molecule has 2 aromatic heterocycles. The number of anilines is 1. The molecule has 0 radical (unpaired) electrons. The summed E-state index contributed by atoms with van der Waals surface area (Å²) in [6, 6.07) is 1.48. The Balaban J connectivity index is 2.09. The monoisotopic (exact) mass is 517 g/mol. The summed E-state index contributed by atoms with van der Waals surface area (Å²) < 4.78 is 65.9. The van der Waals surface area contributed by atoms with Crippen LogP contribution in [0.15, 0.2) is 22.3 Å². The van der Waals surface area contributed by atoms with Gasteiger partial charge in [-0.05, 0) is 47.4 Å². The molecule has 3 heterocycles. The number of nitrogens with zero attached hydrogens (tertiary/aromatic N) is 4. The second-order valence-corrected chi connectivity index (χ2v) is 8.21. The number of fused-ring (bicyclic) bond motifs is 1. The zero-order valence-corrected chi connectivity index (χ0v) is 17.0. The van der Waals surface area contributed by atoms with Crippen LogP contribution in [0.3, 0.4) is 0 Å². The van der Waals surface area contributed by atoms with E-state index in [4.69, 9.17) is 0 Å². The van der Waals surface area contributed by atoms with Crippen molar-refractivity contribution in [1.29, 1.82) is 0 Å². The maximum atomic E-state index is 13.6. The van der Waals surface area contributed by atoms with E-state index in [0.29, 0.717) is 5.82 Å². The molecule has 0 fully saturated rings. The molecule has 0 bridgehead atoms. The number of halogens is 6.